The molecule has 1 fully saturated rings. The lowest BCUT2D eigenvalue weighted by Gasteiger charge is -2.33. The zero-order valence-electron chi connectivity index (χ0n) is 13.0. The average molecular weight is 310 g/mol. The number of hydrogen-bond acceptors (Lipinski definition) is 3. The standard InChI is InChI=1S/C16H26N2O2S/c1-3-13-7-8-14(17)11-15(13)21(19,20)18-12-16(2)9-5-4-6-10-16/h7-8,11,18H,3-6,9-10,12,17H2,1-2H3. The quantitative estimate of drug-likeness (QED) is 0.821. The van der Waals surface area contributed by atoms with Crippen LogP contribution in [0.15, 0.2) is 23.1 Å². The number of nitrogen functional groups attached to an aromatic ring is 1. The fourth-order valence-electron chi connectivity index (χ4n) is 3.04. The van der Waals surface area contributed by atoms with Crippen LogP contribution in [0.25, 0.3) is 0 Å². The second-order valence-corrected chi connectivity index (χ2v) is 8.15. The third-order valence-corrected chi connectivity index (χ3v) is 5.99. The molecule has 0 heterocycles. The molecule has 0 bridgehead atoms. The summed E-state index contributed by atoms with van der Waals surface area (Å²) < 4.78 is 28.0. The Balaban J connectivity index is 2.17. The van der Waals surface area contributed by atoms with Gasteiger partial charge >= 0.3 is 0 Å². The van der Waals surface area contributed by atoms with Crippen LogP contribution in [-0.2, 0) is 16.4 Å². The van der Waals surface area contributed by atoms with E-state index in [-0.39, 0.29) is 5.41 Å². The maximum absolute atomic E-state index is 12.6. The van der Waals surface area contributed by atoms with Crippen molar-refractivity contribution in [2.24, 2.45) is 5.41 Å². The van der Waals surface area contributed by atoms with Crippen molar-refractivity contribution < 1.29 is 8.42 Å². The maximum atomic E-state index is 12.6. The predicted molar refractivity (Wildman–Crippen MR) is 86.6 cm³/mol. The van der Waals surface area contributed by atoms with Crippen molar-refractivity contribution >= 4 is 15.7 Å². The van der Waals surface area contributed by atoms with Gasteiger partial charge in [-0.3, -0.25) is 0 Å². The van der Waals surface area contributed by atoms with Gasteiger partial charge in [-0.15, -0.1) is 0 Å². The first-order chi connectivity index (χ1) is 9.86. The van der Waals surface area contributed by atoms with Gasteiger partial charge < -0.3 is 5.73 Å². The average Bonchev–Trinajstić information content (AvgIpc) is 2.46. The molecule has 1 aromatic rings. The van der Waals surface area contributed by atoms with Crippen LogP contribution in [0.1, 0.15) is 51.5 Å². The van der Waals surface area contributed by atoms with E-state index >= 15 is 0 Å². The van der Waals surface area contributed by atoms with E-state index in [1.54, 1.807) is 18.2 Å². The van der Waals surface area contributed by atoms with E-state index in [0.29, 0.717) is 23.5 Å². The number of rotatable bonds is 5. The zero-order valence-corrected chi connectivity index (χ0v) is 13.8. The van der Waals surface area contributed by atoms with Gasteiger partial charge in [0.1, 0.15) is 0 Å². The molecule has 0 saturated heterocycles. The minimum atomic E-state index is -3.49. The van der Waals surface area contributed by atoms with Gasteiger partial charge in [-0.2, -0.15) is 0 Å². The SMILES string of the molecule is CCc1ccc(N)cc1S(=O)(=O)NCC1(C)CCCCC1. The van der Waals surface area contributed by atoms with Gasteiger partial charge in [-0.1, -0.05) is 39.2 Å². The van der Waals surface area contributed by atoms with E-state index in [2.05, 4.69) is 11.6 Å². The first-order valence-corrected chi connectivity index (χ1v) is 9.23. The molecule has 1 aliphatic rings. The van der Waals surface area contributed by atoms with Gasteiger partial charge in [0.25, 0.3) is 0 Å². The fourth-order valence-corrected chi connectivity index (χ4v) is 4.59. The normalized spacial score (nSPS) is 18.6. The summed E-state index contributed by atoms with van der Waals surface area (Å²) in [7, 11) is -3.49. The molecule has 21 heavy (non-hydrogen) atoms. The van der Waals surface area contributed by atoms with Gasteiger partial charge in [0.2, 0.25) is 10.0 Å². The van der Waals surface area contributed by atoms with Crippen LogP contribution < -0.4 is 10.5 Å². The summed E-state index contributed by atoms with van der Waals surface area (Å²) in [6.07, 6.45) is 6.50. The number of benzene rings is 1. The van der Waals surface area contributed by atoms with Crippen LogP contribution in [0.2, 0.25) is 0 Å². The Bertz CT molecular complexity index is 590. The maximum Gasteiger partial charge on any atom is 0.240 e. The minimum absolute atomic E-state index is 0.0814. The monoisotopic (exact) mass is 310 g/mol. The van der Waals surface area contributed by atoms with E-state index in [0.717, 1.165) is 18.4 Å². The predicted octanol–water partition coefficient (Wildman–Crippen LogP) is 3.08. The smallest absolute Gasteiger partial charge is 0.240 e. The van der Waals surface area contributed by atoms with Gasteiger partial charge in [0.05, 0.1) is 4.90 Å². The molecule has 0 aliphatic heterocycles. The molecular weight excluding hydrogens is 284 g/mol. The highest BCUT2D eigenvalue weighted by atomic mass is 32.2. The Morgan fingerprint density at radius 1 is 1.24 bits per heavy atom. The molecule has 1 aromatic carbocycles. The van der Waals surface area contributed by atoms with Crippen LogP contribution in [0, 0.1) is 5.41 Å². The zero-order chi connectivity index (χ0) is 15.5. The Morgan fingerprint density at radius 3 is 2.52 bits per heavy atom. The van der Waals surface area contributed by atoms with Gasteiger partial charge in [0.15, 0.2) is 0 Å². The summed E-state index contributed by atoms with van der Waals surface area (Å²) in [4.78, 5) is 0.324. The Morgan fingerprint density at radius 2 is 1.90 bits per heavy atom. The van der Waals surface area contributed by atoms with Gasteiger partial charge in [0, 0.05) is 12.2 Å². The van der Waals surface area contributed by atoms with Crippen molar-refractivity contribution in [3.63, 3.8) is 0 Å². The lowest BCUT2D eigenvalue weighted by Crippen LogP contribution is -2.37. The molecule has 0 spiro atoms. The first kappa shape index (κ1) is 16.3. The summed E-state index contributed by atoms with van der Waals surface area (Å²) in [6, 6.07) is 5.11. The molecule has 3 N–H and O–H groups in total. The van der Waals surface area contributed by atoms with Crippen molar-refractivity contribution in [2.75, 3.05) is 12.3 Å². The third kappa shape index (κ3) is 3.98. The summed E-state index contributed by atoms with van der Waals surface area (Å²) in [5.41, 5.74) is 7.13. The number of aryl methyl sites for hydroxylation is 1. The number of hydrogen-bond donors (Lipinski definition) is 2. The Kier molecular flexibility index (Phi) is 4.94. The van der Waals surface area contributed by atoms with Crippen LogP contribution >= 0.6 is 0 Å². The fraction of sp³-hybridized carbons (Fsp3) is 0.625. The molecule has 118 valence electrons. The van der Waals surface area contributed by atoms with E-state index < -0.39 is 10.0 Å². The van der Waals surface area contributed by atoms with Crippen molar-refractivity contribution in [1.82, 2.24) is 4.72 Å². The van der Waals surface area contributed by atoms with Crippen molar-refractivity contribution in [1.29, 1.82) is 0 Å². The van der Waals surface area contributed by atoms with Crippen molar-refractivity contribution in [2.45, 2.75) is 57.3 Å². The molecule has 1 saturated carbocycles. The molecular formula is C16H26N2O2S. The molecule has 0 unspecified atom stereocenters. The van der Waals surface area contributed by atoms with Crippen LogP contribution in [0.5, 0.6) is 0 Å². The van der Waals surface area contributed by atoms with E-state index in [1.807, 2.05) is 6.92 Å². The number of sulfonamides is 1. The second kappa shape index (κ2) is 6.36. The number of nitrogens with two attached hydrogens (primary N) is 1. The van der Waals surface area contributed by atoms with Gasteiger partial charge in [-0.25, -0.2) is 13.1 Å². The lowest BCUT2D eigenvalue weighted by atomic mass is 9.76. The first-order valence-electron chi connectivity index (χ1n) is 7.74. The molecule has 0 amide bonds. The largest absolute Gasteiger partial charge is 0.399 e. The summed E-state index contributed by atoms with van der Waals surface area (Å²) in [6.45, 7) is 4.63. The minimum Gasteiger partial charge on any atom is -0.399 e. The molecule has 4 nitrogen and oxygen atoms in total. The third-order valence-electron chi connectivity index (χ3n) is 4.51. The van der Waals surface area contributed by atoms with Crippen molar-refractivity contribution in [3.8, 4) is 0 Å². The molecule has 0 radical (unpaired) electrons. The van der Waals surface area contributed by atoms with E-state index in [9.17, 15) is 8.42 Å². The topological polar surface area (TPSA) is 72.2 Å². The van der Waals surface area contributed by atoms with E-state index in [1.165, 1.54) is 19.3 Å². The lowest BCUT2D eigenvalue weighted by molar-refractivity contribution is 0.219. The Hall–Kier alpha value is -1.07. The molecule has 5 heteroatoms. The summed E-state index contributed by atoms with van der Waals surface area (Å²) >= 11 is 0. The second-order valence-electron chi connectivity index (χ2n) is 6.42. The molecule has 0 atom stereocenters. The van der Waals surface area contributed by atoms with Crippen molar-refractivity contribution in [3.05, 3.63) is 23.8 Å². The van der Waals surface area contributed by atoms with Crippen LogP contribution in [0.4, 0.5) is 5.69 Å². The van der Waals surface area contributed by atoms with Crippen LogP contribution in [0.3, 0.4) is 0 Å². The highest BCUT2D eigenvalue weighted by Crippen LogP contribution is 2.35. The highest BCUT2D eigenvalue weighted by molar-refractivity contribution is 7.89. The van der Waals surface area contributed by atoms with E-state index in [4.69, 9.17) is 5.73 Å². The summed E-state index contributed by atoms with van der Waals surface area (Å²) in [5, 5.41) is 0. The number of anilines is 1. The van der Waals surface area contributed by atoms with Crippen LogP contribution in [-0.4, -0.2) is 15.0 Å². The molecule has 0 aromatic heterocycles. The number of nitrogens with one attached hydrogen (secondary N) is 1. The Labute approximate surface area is 128 Å². The summed E-state index contributed by atoms with van der Waals surface area (Å²) in [5.74, 6) is 0. The molecule has 2 rings (SSSR count). The highest BCUT2D eigenvalue weighted by Gasteiger charge is 2.29. The molecule has 1 aliphatic carbocycles. The van der Waals surface area contributed by atoms with Gasteiger partial charge in [-0.05, 0) is 42.4 Å².